The first-order valence-electron chi connectivity index (χ1n) is 4.30. The normalized spacial score (nSPS) is 17.5. The second kappa shape index (κ2) is 3.26. The number of nitrogens with zero attached hydrogens (tertiary/aromatic N) is 2. The molecule has 0 radical (unpaired) electrons. The van der Waals surface area contributed by atoms with E-state index in [0.29, 0.717) is 6.04 Å². The van der Waals surface area contributed by atoms with Gasteiger partial charge in [-0.1, -0.05) is 6.58 Å². The minimum absolute atomic E-state index is 0.564. The van der Waals surface area contributed by atoms with Crippen molar-refractivity contribution in [2.75, 3.05) is 7.05 Å². The lowest BCUT2D eigenvalue weighted by Gasteiger charge is -2.33. The van der Waals surface area contributed by atoms with Crippen LogP contribution in [0.1, 0.15) is 26.7 Å². The maximum absolute atomic E-state index is 3.81. The molecule has 1 fully saturated rings. The summed E-state index contributed by atoms with van der Waals surface area (Å²) in [5.74, 6) is 0. The number of hydrazine groups is 1. The van der Waals surface area contributed by atoms with Crippen LogP contribution in [0, 0.1) is 0 Å². The Morgan fingerprint density at radius 1 is 1.45 bits per heavy atom. The molecule has 0 aromatic rings. The van der Waals surface area contributed by atoms with Crippen molar-refractivity contribution in [3.05, 3.63) is 12.8 Å². The van der Waals surface area contributed by atoms with Gasteiger partial charge in [-0.2, -0.15) is 0 Å². The third-order valence-corrected chi connectivity index (χ3v) is 2.22. The van der Waals surface area contributed by atoms with Crippen LogP contribution >= 0.6 is 0 Å². The molecule has 0 aromatic carbocycles. The Balaban J connectivity index is 2.45. The molecule has 0 aliphatic heterocycles. The maximum Gasteiger partial charge on any atom is 0.0452 e. The summed E-state index contributed by atoms with van der Waals surface area (Å²) in [5.41, 5.74) is 0. The van der Waals surface area contributed by atoms with E-state index < -0.39 is 0 Å². The van der Waals surface area contributed by atoms with Crippen LogP contribution in [0.2, 0.25) is 0 Å². The van der Waals surface area contributed by atoms with Crippen LogP contribution in [0.5, 0.6) is 0 Å². The maximum atomic E-state index is 3.81. The SMILES string of the molecule is C=CN(C1CC1)N(C)C(C)C. The van der Waals surface area contributed by atoms with Crippen molar-refractivity contribution >= 4 is 0 Å². The number of hydrogen-bond donors (Lipinski definition) is 0. The van der Waals surface area contributed by atoms with Crippen LogP contribution in [0.15, 0.2) is 12.8 Å². The summed E-state index contributed by atoms with van der Waals surface area (Å²) in [6, 6.07) is 1.30. The van der Waals surface area contributed by atoms with Gasteiger partial charge in [-0.15, -0.1) is 0 Å². The Morgan fingerprint density at radius 2 is 2.00 bits per heavy atom. The van der Waals surface area contributed by atoms with Crippen LogP contribution in [0.25, 0.3) is 0 Å². The van der Waals surface area contributed by atoms with Gasteiger partial charge in [0.1, 0.15) is 0 Å². The van der Waals surface area contributed by atoms with Crippen LogP contribution in [-0.4, -0.2) is 29.1 Å². The van der Waals surface area contributed by atoms with E-state index in [2.05, 4.69) is 37.5 Å². The fourth-order valence-corrected chi connectivity index (χ4v) is 1.14. The molecule has 11 heavy (non-hydrogen) atoms. The zero-order valence-electron chi connectivity index (χ0n) is 7.75. The first-order chi connectivity index (χ1) is 5.16. The average Bonchev–Trinajstić information content (AvgIpc) is 2.72. The van der Waals surface area contributed by atoms with E-state index in [1.165, 1.54) is 12.8 Å². The minimum Gasteiger partial charge on any atom is -0.311 e. The Bertz CT molecular complexity index is 138. The van der Waals surface area contributed by atoms with Crippen molar-refractivity contribution in [2.45, 2.75) is 38.8 Å². The molecule has 0 atom stereocenters. The minimum atomic E-state index is 0.564. The van der Waals surface area contributed by atoms with E-state index in [1.54, 1.807) is 0 Å². The fraction of sp³-hybridized carbons (Fsp3) is 0.778. The highest BCUT2D eigenvalue weighted by molar-refractivity contribution is 4.88. The van der Waals surface area contributed by atoms with Gasteiger partial charge in [-0.05, 0) is 26.7 Å². The summed E-state index contributed by atoms with van der Waals surface area (Å²) >= 11 is 0. The largest absolute Gasteiger partial charge is 0.311 e. The van der Waals surface area contributed by atoms with Crippen molar-refractivity contribution in [1.82, 2.24) is 10.0 Å². The van der Waals surface area contributed by atoms with E-state index in [9.17, 15) is 0 Å². The monoisotopic (exact) mass is 154 g/mol. The molecular weight excluding hydrogens is 136 g/mol. The molecule has 1 saturated carbocycles. The second-order valence-electron chi connectivity index (χ2n) is 3.46. The van der Waals surface area contributed by atoms with E-state index in [4.69, 9.17) is 0 Å². The summed E-state index contributed by atoms with van der Waals surface area (Å²) in [6.45, 7) is 8.20. The van der Waals surface area contributed by atoms with Gasteiger partial charge in [-0.25, -0.2) is 5.01 Å². The molecule has 0 heterocycles. The summed E-state index contributed by atoms with van der Waals surface area (Å²) in [6.07, 6.45) is 4.57. The van der Waals surface area contributed by atoms with Crippen LogP contribution < -0.4 is 0 Å². The molecule has 1 aliphatic rings. The lowest BCUT2D eigenvalue weighted by atomic mass is 10.4. The molecule has 1 rings (SSSR count). The van der Waals surface area contributed by atoms with Crippen molar-refractivity contribution < 1.29 is 0 Å². The highest BCUT2D eigenvalue weighted by atomic mass is 15.6. The second-order valence-corrected chi connectivity index (χ2v) is 3.46. The number of rotatable bonds is 4. The molecular formula is C9H18N2. The van der Waals surface area contributed by atoms with Gasteiger partial charge in [0, 0.05) is 25.3 Å². The Hall–Kier alpha value is -0.500. The molecule has 2 nitrogen and oxygen atoms in total. The summed E-state index contributed by atoms with van der Waals surface area (Å²) < 4.78 is 0. The van der Waals surface area contributed by atoms with Crippen molar-refractivity contribution in [3.8, 4) is 0 Å². The quantitative estimate of drug-likeness (QED) is 0.570. The van der Waals surface area contributed by atoms with Crippen LogP contribution in [0.3, 0.4) is 0 Å². The van der Waals surface area contributed by atoms with Gasteiger partial charge in [-0.3, -0.25) is 0 Å². The number of hydrogen-bond acceptors (Lipinski definition) is 2. The fourth-order valence-electron chi connectivity index (χ4n) is 1.14. The molecule has 0 amide bonds. The molecule has 0 aromatic heterocycles. The summed E-state index contributed by atoms with van der Waals surface area (Å²) in [4.78, 5) is 0. The van der Waals surface area contributed by atoms with Gasteiger partial charge >= 0.3 is 0 Å². The van der Waals surface area contributed by atoms with Gasteiger partial charge in [0.2, 0.25) is 0 Å². The Labute approximate surface area is 69.5 Å². The van der Waals surface area contributed by atoms with Gasteiger partial charge in [0.05, 0.1) is 0 Å². The van der Waals surface area contributed by atoms with Crippen LogP contribution in [-0.2, 0) is 0 Å². The molecule has 0 spiro atoms. The lowest BCUT2D eigenvalue weighted by molar-refractivity contribution is 0.0130. The van der Waals surface area contributed by atoms with E-state index in [1.807, 2.05) is 6.20 Å². The molecule has 0 unspecified atom stereocenters. The third-order valence-electron chi connectivity index (χ3n) is 2.22. The van der Waals surface area contributed by atoms with Crippen molar-refractivity contribution in [2.24, 2.45) is 0 Å². The molecule has 0 N–H and O–H groups in total. The predicted octanol–water partition coefficient (Wildman–Crippen LogP) is 1.85. The van der Waals surface area contributed by atoms with Crippen molar-refractivity contribution in [1.29, 1.82) is 0 Å². The van der Waals surface area contributed by atoms with Gasteiger partial charge in [0.15, 0.2) is 0 Å². The third kappa shape index (κ3) is 1.96. The molecule has 0 saturated heterocycles. The lowest BCUT2D eigenvalue weighted by Crippen LogP contribution is -2.41. The zero-order valence-corrected chi connectivity index (χ0v) is 7.75. The molecule has 1 aliphatic carbocycles. The van der Waals surface area contributed by atoms with Gasteiger partial charge in [0.25, 0.3) is 0 Å². The average molecular weight is 154 g/mol. The zero-order chi connectivity index (χ0) is 8.43. The topological polar surface area (TPSA) is 6.48 Å². The summed E-state index contributed by atoms with van der Waals surface area (Å²) in [7, 11) is 2.12. The molecule has 2 heteroatoms. The molecule has 64 valence electrons. The Morgan fingerprint density at radius 3 is 2.27 bits per heavy atom. The summed E-state index contributed by atoms with van der Waals surface area (Å²) in [5, 5.41) is 4.48. The predicted molar refractivity (Wildman–Crippen MR) is 48.0 cm³/mol. The first kappa shape index (κ1) is 8.60. The first-order valence-corrected chi connectivity index (χ1v) is 4.30. The van der Waals surface area contributed by atoms with Crippen molar-refractivity contribution in [3.63, 3.8) is 0 Å². The van der Waals surface area contributed by atoms with E-state index >= 15 is 0 Å². The van der Waals surface area contributed by atoms with Crippen LogP contribution in [0.4, 0.5) is 0 Å². The van der Waals surface area contributed by atoms with E-state index in [-0.39, 0.29) is 0 Å². The van der Waals surface area contributed by atoms with Gasteiger partial charge < -0.3 is 5.01 Å². The highest BCUT2D eigenvalue weighted by Gasteiger charge is 2.29. The highest BCUT2D eigenvalue weighted by Crippen LogP contribution is 2.28. The Kier molecular flexibility index (Phi) is 2.55. The smallest absolute Gasteiger partial charge is 0.0452 e. The standard InChI is InChI=1S/C9H18N2/c1-5-11(9-6-7-9)10(4)8(2)3/h5,8-9H,1,6-7H2,2-4H3. The molecule has 0 bridgehead atoms. The van der Waals surface area contributed by atoms with E-state index in [0.717, 1.165) is 6.04 Å².